The van der Waals surface area contributed by atoms with Crippen LogP contribution in [-0.4, -0.2) is 32.0 Å². The third-order valence-corrected chi connectivity index (χ3v) is 6.06. The lowest BCUT2D eigenvalue weighted by atomic mass is 10.0. The molecule has 0 spiro atoms. The summed E-state index contributed by atoms with van der Waals surface area (Å²) in [4.78, 5) is 26.4. The highest BCUT2D eigenvalue weighted by molar-refractivity contribution is 7.70. The van der Waals surface area contributed by atoms with Crippen LogP contribution in [0.2, 0.25) is 0 Å². The van der Waals surface area contributed by atoms with Crippen LogP contribution in [0.5, 0.6) is 0 Å². The fraction of sp³-hybridized carbons (Fsp3) is 1.00. The molecule has 4 N–H and O–H groups in total. The van der Waals surface area contributed by atoms with E-state index in [1.54, 1.807) is 0 Å². The smallest absolute Gasteiger partial charge is 0.368 e. The van der Waals surface area contributed by atoms with Crippen LogP contribution < -0.4 is 0 Å². The van der Waals surface area contributed by atoms with Crippen LogP contribution in [0.25, 0.3) is 0 Å². The Hall–Kier alpha value is 0.260. The van der Waals surface area contributed by atoms with Gasteiger partial charge < -0.3 is 24.3 Å². The van der Waals surface area contributed by atoms with E-state index in [0.29, 0.717) is 12.3 Å². The lowest BCUT2D eigenvalue weighted by Gasteiger charge is -2.18. The van der Waals surface area contributed by atoms with Gasteiger partial charge in [-0.25, -0.2) is 0 Å². The van der Waals surface area contributed by atoms with Crippen molar-refractivity contribution in [1.29, 1.82) is 0 Å². The molecule has 0 rings (SSSR count). The van der Waals surface area contributed by atoms with E-state index in [4.69, 9.17) is 14.9 Å². The van der Waals surface area contributed by atoms with Crippen LogP contribution in [0.4, 0.5) is 0 Å². The molecule has 0 aliphatic heterocycles. The summed E-state index contributed by atoms with van der Waals surface area (Å²) in [6, 6.07) is 0. The second-order valence-corrected chi connectivity index (χ2v) is 8.88. The van der Waals surface area contributed by atoms with Crippen molar-refractivity contribution in [2.75, 3.05) is 6.61 Å². The summed E-state index contributed by atoms with van der Waals surface area (Å²) in [6.07, 6.45) is 4.48. The minimum atomic E-state index is -5.04. The van der Waals surface area contributed by atoms with Gasteiger partial charge in [0.05, 0.1) is 6.61 Å². The molecule has 2 unspecified atom stereocenters. The van der Waals surface area contributed by atoms with Crippen LogP contribution in [0.3, 0.4) is 0 Å². The maximum Gasteiger partial charge on any atom is 0.368 e. The fourth-order valence-corrected chi connectivity index (χ4v) is 3.71. The molecule has 0 bridgehead atoms. The predicted molar refractivity (Wildman–Crippen MR) is 71.8 cm³/mol. The van der Waals surface area contributed by atoms with Crippen molar-refractivity contribution >= 4 is 15.2 Å². The van der Waals surface area contributed by atoms with Gasteiger partial charge in [-0.3, -0.25) is 9.13 Å². The Bertz CT molecular complexity index is 339. The van der Waals surface area contributed by atoms with Crippen LogP contribution in [-0.2, 0) is 13.7 Å². The van der Waals surface area contributed by atoms with Gasteiger partial charge in [0.1, 0.15) is 0 Å². The number of hydrogen-bond donors (Lipinski definition) is 4. The molecule has 2 atom stereocenters. The summed E-state index contributed by atoms with van der Waals surface area (Å²) in [7, 11) is -9.72. The van der Waals surface area contributed by atoms with E-state index in [-0.39, 0.29) is 6.61 Å². The average molecular weight is 318 g/mol. The highest BCUT2D eigenvalue weighted by atomic mass is 31.2. The first-order valence-corrected chi connectivity index (χ1v) is 9.60. The van der Waals surface area contributed by atoms with Crippen molar-refractivity contribution in [3.63, 3.8) is 0 Å². The molecule has 7 nitrogen and oxygen atoms in total. The molecular weight excluding hydrogens is 294 g/mol. The second kappa shape index (κ2) is 8.53. The minimum Gasteiger partial charge on any atom is -0.370 e. The lowest BCUT2D eigenvalue weighted by Crippen LogP contribution is -2.10. The Labute approximate surface area is 113 Å². The summed E-state index contributed by atoms with van der Waals surface area (Å²) >= 11 is 0. The molecule has 0 saturated carbocycles. The third kappa shape index (κ3) is 8.92. The first kappa shape index (κ1) is 19.3. The Morgan fingerprint density at radius 1 is 1.00 bits per heavy atom. The minimum absolute atomic E-state index is 0.105. The molecule has 19 heavy (non-hydrogen) atoms. The first-order valence-electron chi connectivity index (χ1n) is 6.27. The first-order chi connectivity index (χ1) is 8.57. The van der Waals surface area contributed by atoms with E-state index >= 15 is 0 Å². The molecule has 0 aromatic rings. The lowest BCUT2D eigenvalue weighted by molar-refractivity contribution is 0.186. The monoisotopic (exact) mass is 318 g/mol. The van der Waals surface area contributed by atoms with Gasteiger partial charge in [-0.1, -0.05) is 39.5 Å². The molecule has 0 aliphatic carbocycles. The largest absolute Gasteiger partial charge is 0.370 e. The van der Waals surface area contributed by atoms with Gasteiger partial charge in [-0.15, -0.1) is 0 Å². The predicted octanol–water partition coefficient (Wildman–Crippen LogP) is 2.25. The Kier molecular flexibility index (Phi) is 8.64. The average Bonchev–Trinajstić information content (AvgIpc) is 2.25. The van der Waals surface area contributed by atoms with Gasteiger partial charge >= 0.3 is 15.2 Å². The summed E-state index contributed by atoms with van der Waals surface area (Å²) in [5, 5.41) is 9.01. The van der Waals surface area contributed by atoms with Crippen LogP contribution >= 0.6 is 15.2 Å². The summed E-state index contributed by atoms with van der Waals surface area (Å²) in [5.41, 5.74) is -2.67. The Balaban J connectivity index is 3.82. The van der Waals surface area contributed by atoms with Crippen molar-refractivity contribution < 1.29 is 33.4 Å². The molecule has 0 saturated heterocycles. The molecule has 0 aromatic heterocycles. The van der Waals surface area contributed by atoms with Gasteiger partial charge in [0.2, 0.25) is 0 Å². The zero-order valence-corrected chi connectivity index (χ0v) is 13.1. The van der Waals surface area contributed by atoms with Crippen LogP contribution in [0.15, 0.2) is 0 Å². The van der Waals surface area contributed by atoms with Gasteiger partial charge in [0.15, 0.2) is 0 Å². The van der Waals surface area contributed by atoms with Crippen molar-refractivity contribution in [1.82, 2.24) is 0 Å². The van der Waals surface area contributed by atoms with Crippen LogP contribution in [0, 0.1) is 5.92 Å². The highest BCUT2D eigenvalue weighted by Crippen LogP contribution is 2.61. The zero-order valence-electron chi connectivity index (χ0n) is 11.3. The molecule has 116 valence electrons. The Morgan fingerprint density at radius 2 is 1.53 bits per heavy atom. The van der Waals surface area contributed by atoms with Gasteiger partial charge in [-0.05, 0) is 12.3 Å². The molecule has 0 radical (unpaired) electrons. The standard InChI is InChI=1S/C10H24O7P2/c1-9(2)7-5-3-4-6-8-17-19(15,16)10(11)18(12,13)14/h9-11H,3-8H2,1-2H3,(H,15,16)(H2,12,13,14). The van der Waals surface area contributed by atoms with Gasteiger partial charge in [0, 0.05) is 0 Å². The third-order valence-electron chi connectivity index (χ3n) is 2.54. The Morgan fingerprint density at radius 3 is 2.00 bits per heavy atom. The van der Waals surface area contributed by atoms with E-state index in [9.17, 15) is 14.0 Å². The van der Waals surface area contributed by atoms with E-state index in [1.165, 1.54) is 0 Å². The number of aliphatic hydroxyl groups excluding tert-OH is 1. The topological polar surface area (TPSA) is 124 Å². The molecular formula is C10H24O7P2. The van der Waals surface area contributed by atoms with E-state index in [0.717, 1.165) is 25.7 Å². The van der Waals surface area contributed by atoms with E-state index in [2.05, 4.69) is 18.4 Å². The normalized spacial score (nSPS) is 17.4. The van der Waals surface area contributed by atoms with Crippen molar-refractivity contribution in [3.8, 4) is 0 Å². The highest BCUT2D eigenvalue weighted by Gasteiger charge is 2.44. The van der Waals surface area contributed by atoms with Crippen molar-refractivity contribution in [3.05, 3.63) is 0 Å². The summed E-state index contributed by atoms with van der Waals surface area (Å²) in [5.74, 6) is 0.646. The number of hydrogen-bond acceptors (Lipinski definition) is 4. The molecule has 0 heterocycles. The quantitative estimate of drug-likeness (QED) is 0.359. The molecule has 9 heteroatoms. The van der Waals surface area contributed by atoms with Crippen molar-refractivity contribution in [2.24, 2.45) is 5.92 Å². The summed E-state index contributed by atoms with van der Waals surface area (Å²) in [6.45, 7) is 4.16. The molecule has 0 aliphatic rings. The fourth-order valence-electron chi connectivity index (χ4n) is 1.46. The zero-order chi connectivity index (χ0) is 15.1. The van der Waals surface area contributed by atoms with Crippen LogP contribution in [0.1, 0.15) is 46.0 Å². The molecule has 0 fully saturated rings. The SMILES string of the molecule is CC(C)CCCCCCOP(=O)(O)C(O)P(=O)(O)O. The van der Waals surface area contributed by atoms with Gasteiger partial charge in [0.25, 0.3) is 5.59 Å². The van der Waals surface area contributed by atoms with E-state index in [1.807, 2.05) is 0 Å². The maximum atomic E-state index is 11.3. The second-order valence-electron chi connectivity index (χ2n) is 4.93. The number of rotatable bonds is 10. The number of unbranched alkanes of at least 4 members (excludes halogenated alkanes) is 3. The van der Waals surface area contributed by atoms with Gasteiger partial charge in [-0.2, -0.15) is 0 Å². The summed E-state index contributed by atoms with van der Waals surface area (Å²) < 4.78 is 26.5. The maximum absolute atomic E-state index is 11.3. The molecule has 0 amide bonds. The van der Waals surface area contributed by atoms with E-state index < -0.39 is 20.8 Å². The van der Waals surface area contributed by atoms with Crippen molar-refractivity contribution in [2.45, 2.75) is 51.5 Å². The number of aliphatic hydroxyl groups is 1. The molecule has 0 aromatic carbocycles.